The van der Waals surface area contributed by atoms with Crippen molar-refractivity contribution in [3.8, 4) is 0 Å². The molecule has 1 aromatic heterocycles. The molecule has 1 N–H and O–H groups in total. The van der Waals surface area contributed by atoms with Gasteiger partial charge in [0.2, 0.25) is 0 Å². The molecule has 0 aliphatic carbocycles. The molecule has 2 aromatic rings. The maximum atomic E-state index is 13.2. The minimum atomic E-state index is -4.55. The minimum absolute atomic E-state index is 0.136. The van der Waals surface area contributed by atoms with Crippen molar-refractivity contribution in [2.75, 3.05) is 0 Å². The minimum Gasteiger partial charge on any atom is -0.307 e. The molecule has 0 spiro atoms. The van der Waals surface area contributed by atoms with Crippen molar-refractivity contribution in [1.29, 1.82) is 0 Å². The first-order valence-corrected chi connectivity index (χ1v) is 6.34. The Morgan fingerprint density at radius 2 is 1.90 bits per heavy atom. The van der Waals surface area contributed by atoms with E-state index in [1.807, 2.05) is 13.0 Å². The summed E-state index contributed by atoms with van der Waals surface area (Å²) >= 11 is 0. The Balaban J connectivity index is 2.04. The zero-order valence-electron chi connectivity index (χ0n) is 11.3. The van der Waals surface area contributed by atoms with Crippen LogP contribution in [0.15, 0.2) is 36.5 Å². The molecule has 0 amide bonds. The van der Waals surface area contributed by atoms with Crippen LogP contribution in [-0.4, -0.2) is 4.98 Å². The Labute approximate surface area is 119 Å². The van der Waals surface area contributed by atoms with Crippen LogP contribution in [-0.2, 0) is 19.3 Å². The third-order valence-electron chi connectivity index (χ3n) is 3.02. The molecular formula is C15H14F4N2. The summed E-state index contributed by atoms with van der Waals surface area (Å²) in [5, 5.41) is 2.97. The number of halogens is 4. The highest BCUT2D eigenvalue weighted by molar-refractivity contribution is 5.27. The number of hydrogen-bond acceptors (Lipinski definition) is 2. The molecule has 112 valence electrons. The average molecular weight is 298 g/mol. The van der Waals surface area contributed by atoms with E-state index in [1.54, 1.807) is 12.3 Å². The van der Waals surface area contributed by atoms with E-state index in [4.69, 9.17) is 0 Å². The number of nitrogens with one attached hydrogen (secondary N) is 1. The zero-order chi connectivity index (χ0) is 15.5. The quantitative estimate of drug-likeness (QED) is 0.868. The van der Waals surface area contributed by atoms with Gasteiger partial charge in [-0.1, -0.05) is 6.07 Å². The first kappa shape index (κ1) is 15.4. The second-order valence-electron chi connectivity index (χ2n) is 4.72. The van der Waals surface area contributed by atoms with Gasteiger partial charge in [-0.2, -0.15) is 13.2 Å². The molecule has 21 heavy (non-hydrogen) atoms. The lowest BCUT2D eigenvalue weighted by Gasteiger charge is -2.10. The number of pyridine rings is 1. The Bertz CT molecular complexity index is 623. The molecule has 6 heteroatoms. The number of benzene rings is 1. The normalized spacial score (nSPS) is 11.7. The van der Waals surface area contributed by atoms with Crippen molar-refractivity contribution in [2.24, 2.45) is 0 Å². The van der Waals surface area contributed by atoms with Gasteiger partial charge in [-0.25, -0.2) is 4.39 Å². The molecule has 0 fully saturated rings. The Hall–Kier alpha value is -1.95. The zero-order valence-corrected chi connectivity index (χ0v) is 11.3. The van der Waals surface area contributed by atoms with Crippen molar-refractivity contribution >= 4 is 0 Å². The highest BCUT2D eigenvalue weighted by atomic mass is 19.4. The Morgan fingerprint density at radius 1 is 1.14 bits per heavy atom. The molecule has 2 nitrogen and oxygen atoms in total. The molecule has 0 aliphatic rings. The van der Waals surface area contributed by atoms with Gasteiger partial charge in [0.25, 0.3) is 0 Å². The van der Waals surface area contributed by atoms with Gasteiger partial charge in [0, 0.05) is 19.3 Å². The van der Waals surface area contributed by atoms with E-state index >= 15 is 0 Å². The first-order chi connectivity index (χ1) is 9.86. The van der Waals surface area contributed by atoms with E-state index in [0.717, 1.165) is 23.4 Å². The maximum absolute atomic E-state index is 13.2. The Morgan fingerprint density at radius 3 is 2.57 bits per heavy atom. The van der Waals surface area contributed by atoms with E-state index in [0.29, 0.717) is 12.6 Å². The number of aromatic nitrogens is 1. The molecule has 1 aromatic carbocycles. The highest BCUT2D eigenvalue weighted by Gasteiger charge is 2.31. The number of aryl methyl sites for hydroxylation is 1. The number of alkyl halides is 3. The van der Waals surface area contributed by atoms with Gasteiger partial charge in [0.05, 0.1) is 11.3 Å². The lowest BCUT2D eigenvalue weighted by Crippen LogP contribution is -2.15. The summed E-state index contributed by atoms with van der Waals surface area (Å²) in [5.41, 5.74) is 1.06. The van der Waals surface area contributed by atoms with Gasteiger partial charge in [-0.15, -0.1) is 0 Å². The summed E-state index contributed by atoms with van der Waals surface area (Å²) in [6, 6.07) is 6.23. The maximum Gasteiger partial charge on any atom is 0.416 e. The van der Waals surface area contributed by atoms with Gasteiger partial charge >= 0.3 is 6.18 Å². The van der Waals surface area contributed by atoms with Gasteiger partial charge < -0.3 is 5.32 Å². The molecule has 0 unspecified atom stereocenters. The third-order valence-corrected chi connectivity index (χ3v) is 3.02. The SMILES string of the molecule is Cc1cccnc1CNCc1cc(F)cc(C(F)(F)F)c1. The van der Waals surface area contributed by atoms with Crippen LogP contribution in [0.4, 0.5) is 17.6 Å². The summed E-state index contributed by atoms with van der Waals surface area (Å²) in [6.45, 7) is 2.44. The monoisotopic (exact) mass is 298 g/mol. The standard InChI is InChI=1S/C15H14F4N2/c1-10-3-2-4-21-14(10)9-20-8-11-5-12(15(17,18)19)7-13(16)6-11/h2-7,20H,8-9H2,1H3. The molecule has 0 radical (unpaired) electrons. The lowest BCUT2D eigenvalue weighted by atomic mass is 10.1. The summed E-state index contributed by atoms with van der Waals surface area (Å²) in [5.74, 6) is -0.893. The topological polar surface area (TPSA) is 24.9 Å². The second kappa shape index (κ2) is 6.22. The van der Waals surface area contributed by atoms with E-state index in [9.17, 15) is 17.6 Å². The smallest absolute Gasteiger partial charge is 0.307 e. The predicted molar refractivity (Wildman–Crippen MR) is 70.9 cm³/mol. The van der Waals surface area contributed by atoms with E-state index in [1.165, 1.54) is 0 Å². The average Bonchev–Trinajstić information content (AvgIpc) is 2.39. The number of hydrogen-bond donors (Lipinski definition) is 1. The van der Waals surface area contributed by atoms with E-state index < -0.39 is 17.6 Å². The van der Waals surface area contributed by atoms with Crippen LogP contribution in [0.25, 0.3) is 0 Å². The summed E-state index contributed by atoms with van der Waals surface area (Å²) in [7, 11) is 0. The predicted octanol–water partition coefficient (Wildman–Crippen LogP) is 3.84. The molecule has 0 saturated heterocycles. The van der Waals surface area contributed by atoms with Crippen molar-refractivity contribution in [3.63, 3.8) is 0 Å². The molecule has 0 saturated carbocycles. The summed E-state index contributed by atoms with van der Waals surface area (Å²) in [6.07, 6.45) is -2.90. The fraction of sp³-hybridized carbons (Fsp3) is 0.267. The largest absolute Gasteiger partial charge is 0.416 e. The van der Waals surface area contributed by atoms with Crippen LogP contribution in [0.3, 0.4) is 0 Å². The fourth-order valence-electron chi connectivity index (χ4n) is 1.94. The van der Waals surface area contributed by atoms with Crippen LogP contribution in [0, 0.1) is 12.7 Å². The molecule has 1 heterocycles. The molecule has 2 rings (SSSR count). The number of nitrogens with zero attached hydrogens (tertiary/aromatic N) is 1. The van der Waals surface area contributed by atoms with Gasteiger partial charge in [0.15, 0.2) is 0 Å². The van der Waals surface area contributed by atoms with Crippen LogP contribution in [0.2, 0.25) is 0 Å². The third kappa shape index (κ3) is 4.26. The summed E-state index contributed by atoms with van der Waals surface area (Å²) in [4.78, 5) is 4.17. The van der Waals surface area contributed by atoms with Crippen molar-refractivity contribution < 1.29 is 17.6 Å². The van der Waals surface area contributed by atoms with E-state index in [2.05, 4.69) is 10.3 Å². The van der Waals surface area contributed by atoms with Crippen LogP contribution >= 0.6 is 0 Å². The molecule has 0 atom stereocenters. The Kier molecular flexibility index (Phi) is 4.57. The highest BCUT2D eigenvalue weighted by Crippen LogP contribution is 2.30. The first-order valence-electron chi connectivity index (χ1n) is 6.34. The molecule has 0 bridgehead atoms. The van der Waals surface area contributed by atoms with Crippen molar-refractivity contribution in [1.82, 2.24) is 10.3 Å². The van der Waals surface area contributed by atoms with Gasteiger partial charge in [-0.3, -0.25) is 4.98 Å². The fourth-order valence-corrected chi connectivity index (χ4v) is 1.94. The van der Waals surface area contributed by atoms with Crippen molar-refractivity contribution in [2.45, 2.75) is 26.2 Å². The van der Waals surface area contributed by atoms with Gasteiger partial charge in [-0.05, 0) is 42.3 Å². The molecular weight excluding hydrogens is 284 g/mol. The van der Waals surface area contributed by atoms with Crippen LogP contribution < -0.4 is 5.32 Å². The second-order valence-corrected chi connectivity index (χ2v) is 4.72. The van der Waals surface area contributed by atoms with Crippen LogP contribution in [0.1, 0.15) is 22.4 Å². The van der Waals surface area contributed by atoms with Gasteiger partial charge in [0.1, 0.15) is 5.82 Å². The summed E-state index contributed by atoms with van der Waals surface area (Å²) < 4.78 is 51.0. The van der Waals surface area contributed by atoms with Crippen LogP contribution in [0.5, 0.6) is 0 Å². The van der Waals surface area contributed by atoms with Crippen molar-refractivity contribution in [3.05, 3.63) is 64.7 Å². The molecule has 0 aliphatic heterocycles. The lowest BCUT2D eigenvalue weighted by molar-refractivity contribution is -0.137. The van der Waals surface area contributed by atoms with E-state index in [-0.39, 0.29) is 12.1 Å². The number of rotatable bonds is 4.